The Kier molecular flexibility index (Phi) is 6.47. The van der Waals surface area contributed by atoms with Gasteiger partial charge in [0.1, 0.15) is 0 Å². The van der Waals surface area contributed by atoms with Crippen molar-refractivity contribution in [3.63, 3.8) is 0 Å². The second kappa shape index (κ2) is 7.73. The molecule has 1 aromatic rings. The number of carbonyl (C=O) groups excluding carboxylic acids is 1. The van der Waals surface area contributed by atoms with Crippen molar-refractivity contribution in [2.24, 2.45) is 0 Å². The van der Waals surface area contributed by atoms with Crippen LogP contribution in [0, 0.1) is 0 Å². The molecule has 0 aliphatic heterocycles. The number of nitrogens with one attached hydrogen (secondary N) is 2. The van der Waals surface area contributed by atoms with Gasteiger partial charge in [0.2, 0.25) is 10.0 Å². The fraction of sp³-hybridized carbons (Fsp3) is 0.467. The van der Waals surface area contributed by atoms with Gasteiger partial charge < -0.3 is 15.2 Å². The van der Waals surface area contributed by atoms with Crippen LogP contribution < -0.4 is 10.0 Å². The predicted molar refractivity (Wildman–Crippen MR) is 87.3 cm³/mol. The Morgan fingerprint density at radius 1 is 1.25 bits per heavy atom. The first-order valence-electron chi connectivity index (χ1n) is 7.19. The third-order valence-electron chi connectivity index (χ3n) is 3.11. The fourth-order valence-electron chi connectivity index (χ4n) is 1.93. The molecule has 1 unspecified atom stereocenters. The Morgan fingerprint density at radius 2 is 1.79 bits per heavy atom. The molecule has 0 fully saturated rings. The number of aliphatic carboxylic acids is 1. The van der Waals surface area contributed by atoms with Crippen LogP contribution >= 0.6 is 0 Å². The smallest absolute Gasteiger partial charge is 0.331 e. The van der Waals surface area contributed by atoms with Crippen molar-refractivity contribution in [1.29, 1.82) is 0 Å². The molecule has 8 nitrogen and oxygen atoms in total. The Balaban J connectivity index is 2.97. The summed E-state index contributed by atoms with van der Waals surface area (Å²) >= 11 is 0. The van der Waals surface area contributed by atoms with Gasteiger partial charge in [0.25, 0.3) is 5.91 Å². The van der Waals surface area contributed by atoms with Crippen molar-refractivity contribution in [3.8, 4) is 0 Å². The minimum Gasteiger partial charge on any atom is -0.479 e. The van der Waals surface area contributed by atoms with E-state index in [0.29, 0.717) is 0 Å². The molecule has 3 N–H and O–H groups in total. The van der Waals surface area contributed by atoms with Crippen LogP contribution in [0.25, 0.3) is 0 Å². The van der Waals surface area contributed by atoms with Gasteiger partial charge in [0.15, 0.2) is 5.54 Å². The standard InChI is InChI=1S/C15H22N2O6S/c1-10(2)17-24(21,22)12-7-5-11(6-8-12)13(18)16-15(3,9-23-4)14(19)20/h5-8,10,17H,9H2,1-4H3,(H,16,18)(H,19,20). The molecule has 0 heterocycles. The number of rotatable bonds is 8. The average Bonchev–Trinajstić information content (AvgIpc) is 2.46. The molecule has 0 spiro atoms. The van der Waals surface area contributed by atoms with E-state index in [-0.39, 0.29) is 23.1 Å². The van der Waals surface area contributed by atoms with Gasteiger partial charge in [0.05, 0.1) is 11.5 Å². The molecule has 0 aliphatic rings. The van der Waals surface area contributed by atoms with Crippen LogP contribution in [-0.2, 0) is 19.6 Å². The van der Waals surface area contributed by atoms with E-state index in [9.17, 15) is 23.1 Å². The zero-order valence-corrected chi connectivity index (χ0v) is 14.8. The van der Waals surface area contributed by atoms with Crippen molar-refractivity contribution < 1.29 is 27.9 Å². The highest BCUT2D eigenvalue weighted by molar-refractivity contribution is 7.89. The van der Waals surface area contributed by atoms with Crippen LogP contribution in [0.15, 0.2) is 29.2 Å². The number of carboxylic acid groups (broad SMARTS) is 1. The molecule has 0 aliphatic carbocycles. The topological polar surface area (TPSA) is 122 Å². The van der Waals surface area contributed by atoms with Crippen molar-refractivity contribution >= 4 is 21.9 Å². The van der Waals surface area contributed by atoms with Gasteiger partial charge in [-0.05, 0) is 45.0 Å². The molecule has 0 saturated heterocycles. The summed E-state index contributed by atoms with van der Waals surface area (Å²) in [6.45, 7) is 4.50. The lowest BCUT2D eigenvalue weighted by Gasteiger charge is -2.25. The van der Waals surface area contributed by atoms with Gasteiger partial charge in [-0.3, -0.25) is 4.79 Å². The summed E-state index contributed by atoms with van der Waals surface area (Å²) in [6.07, 6.45) is 0. The van der Waals surface area contributed by atoms with E-state index in [1.54, 1.807) is 13.8 Å². The molecular formula is C15H22N2O6S. The summed E-state index contributed by atoms with van der Waals surface area (Å²) in [6, 6.07) is 4.95. The number of carbonyl (C=O) groups is 2. The number of ether oxygens (including phenoxy) is 1. The molecule has 134 valence electrons. The summed E-state index contributed by atoms with van der Waals surface area (Å²) in [5, 5.41) is 11.6. The zero-order chi connectivity index (χ0) is 18.5. The van der Waals surface area contributed by atoms with Gasteiger partial charge in [-0.2, -0.15) is 0 Å². The summed E-state index contributed by atoms with van der Waals surface area (Å²) in [7, 11) is -2.33. The molecule has 0 saturated carbocycles. The summed E-state index contributed by atoms with van der Waals surface area (Å²) in [5.74, 6) is -1.88. The Bertz CT molecular complexity index is 699. The molecule has 0 bridgehead atoms. The monoisotopic (exact) mass is 358 g/mol. The number of sulfonamides is 1. The number of carboxylic acids is 1. The van der Waals surface area contributed by atoms with Crippen LogP contribution in [0.1, 0.15) is 31.1 Å². The lowest BCUT2D eigenvalue weighted by Crippen LogP contribution is -2.55. The van der Waals surface area contributed by atoms with Crippen LogP contribution in [-0.4, -0.2) is 50.7 Å². The van der Waals surface area contributed by atoms with Gasteiger partial charge in [-0.15, -0.1) is 0 Å². The molecule has 0 aromatic heterocycles. The summed E-state index contributed by atoms with van der Waals surface area (Å²) in [5.41, 5.74) is -1.45. The van der Waals surface area contributed by atoms with Gasteiger partial charge in [0, 0.05) is 18.7 Å². The Hall–Kier alpha value is -1.97. The molecule has 24 heavy (non-hydrogen) atoms. The Morgan fingerprint density at radius 3 is 2.21 bits per heavy atom. The maximum absolute atomic E-state index is 12.2. The molecule has 0 radical (unpaired) electrons. The lowest BCUT2D eigenvalue weighted by atomic mass is 10.0. The minimum absolute atomic E-state index is 0.0191. The van der Waals surface area contributed by atoms with E-state index < -0.39 is 27.4 Å². The quantitative estimate of drug-likeness (QED) is 0.625. The van der Waals surface area contributed by atoms with Gasteiger partial charge >= 0.3 is 5.97 Å². The number of hydrogen-bond donors (Lipinski definition) is 3. The average molecular weight is 358 g/mol. The molecule has 1 aromatic carbocycles. The van der Waals surface area contributed by atoms with Crippen LogP contribution in [0.4, 0.5) is 0 Å². The normalized spacial score (nSPS) is 14.2. The summed E-state index contributed by atoms with van der Waals surface area (Å²) < 4.78 is 31.3. The number of hydrogen-bond acceptors (Lipinski definition) is 5. The van der Waals surface area contributed by atoms with Crippen molar-refractivity contribution in [1.82, 2.24) is 10.0 Å². The molecule has 1 atom stereocenters. The number of methoxy groups -OCH3 is 1. The third kappa shape index (κ3) is 5.02. The first kappa shape index (κ1) is 20.1. The Labute approximate surface area is 141 Å². The highest BCUT2D eigenvalue weighted by Gasteiger charge is 2.35. The lowest BCUT2D eigenvalue weighted by molar-refractivity contribution is -0.145. The van der Waals surface area contributed by atoms with E-state index in [0.717, 1.165) is 0 Å². The zero-order valence-electron chi connectivity index (χ0n) is 14.0. The molecular weight excluding hydrogens is 336 g/mol. The first-order valence-corrected chi connectivity index (χ1v) is 8.67. The maximum atomic E-state index is 12.2. The molecule has 1 amide bonds. The van der Waals surface area contributed by atoms with E-state index in [2.05, 4.69) is 10.0 Å². The van der Waals surface area contributed by atoms with E-state index >= 15 is 0 Å². The number of amides is 1. The molecule has 1 rings (SSSR count). The van der Waals surface area contributed by atoms with Crippen molar-refractivity contribution in [2.45, 2.75) is 37.2 Å². The van der Waals surface area contributed by atoms with Crippen LogP contribution in [0.5, 0.6) is 0 Å². The van der Waals surface area contributed by atoms with E-state index in [1.165, 1.54) is 38.3 Å². The van der Waals surface area contributed by atoms with Crippen molar-refractivity contribution in [2.75, 3.05) is 13.7 Å². The third-order valence-corrected chi connectivity index (χ3v) is 4.79. The maximum Gasteiger partial charge on any atom is 0.331 e. The van der Waals surface area contributed by atoms with Gasteiger partial charge in [-0.1, -0.05) is 0 Å². The second-order valence-electron chi connectivity index (χ2n) is 5.82. The first-order chi connectivity index (χ1) is 11.0. The molecule has 9 heteroatoms. The van der Waals surface area contributed by atoms with Crippen LogP contribution in [0.3, 0.4) is 0 Å². The highest BCUT2D eigenvalue weighted by atomic mass is 32.2. The van der Waals surface area contributed by atoms with Crippen molar-refractivity contribution in [3.05, 3.63) is 29.8 Å². The highest BCUT2D eigenvalue weighted by Crippen LogP contribution is 2.13. The SMILES string of the molecule is COCC(C)(NC(=O)c1ccc(S(=O)(=O)NC(C)C)cc1)C(=O)O. The second-order valence-corrected chi connectivity index (χ2v) is 7.54. The predicted octanol–water partition coefficient (Wildman–Crippen LogP) is 0.593. The summed E-state index contributed by atoms with van der Waals surface area (Å²) in [4.78, 5) is 23.5. The van der Waals surface area contributed by atoms with Gasteiger partial charge in [-0.25, -0.2) is 17.9 Å². The minimum atomic E-state index is -3.65. The van der Waals surface area contributed by atoms with Crippen LogP contribution in [0.2, 0.25) is 0 Å². The van der Waals surface area contributed by atoms with E-state index in [1.807, 2.05) is 0 Å². The largest absolute Gasteiger partial charge is 0.479 e. The fourth-order valence-corrected chi connectivity index (χ4v) is 3.18. The van der Waals surface area contributed by atoms with E-state index in [4.69, 9.17) is 4.74 Å². The number of benzene rings is 1.